The number of likely N-dealkylation sites (tertiary alicyclic amines) is 1. The quantitative estimate of drug-likeness (QED) is 0.446. The minimum Gasteiger partial charge on any atom is -0.496 e. The lowest BCUT2D eigenvalue weighted by Gasteiger charge is -2.39. The molecule has 4 bridgehead atoms. The summed E-state index contributed by atoms with van der Waals surface area (Å²) in [5.74, 6) is 0.573. The van der Waals surface area contributed by atoms with E-state index in [1.165, 1.54) is 19.2 Å². The molecule has 2 N–H and O–H groups in total. The third kappa shape index (κ3) is 8.36. The SMILES string of the molecule is COc1cc2ccc1CNC(=O)CCc1ccc(OC)c(c1)OCC(=O)N[C@@H]1CN(C(=O)Cc3cc(F)cc(Cl)c3)CC[C@@H]1O2. The molecule has 0 saturated carbocycles. The molecule has 238 valence electrons. The Morgan fingerprint density at radius 3 is 2.62 bits per heavy atom. The van der Waals surface area contributed by atoms with Crippen LogP contribution >= 0.6 is 11.6 Å². The van der Waals surface area contributed by atoms with Crippen LogP contribution < -0.4 is 29.6 Å². The van der Waals surface area contributed by atoms with Crippen molar-refractivity contribution in [2.75, 3.05) is 33.9 Å². The van der Waals surface area contributed by atoms with E-state index in [1.807, 2.05) is 12.1 Å². The van der Waals surface area contributed by atoms with Crippen LogP contribution in [-0.4, -0.2) is 68.7 Å². The highest BCUT2D eigenvalue weighted by molar-refractivity contribution is 6.30. The predicted octanol–water partition coefficient (Wildman–Crippen LogP) is 3.84. The molecule has 12 heteroatoms. The van der Waals surface area contributed by atoms with E-state index in [0.29, 0.717) is 47.9 Å². The van der Waals surface area contributed by atoms with Gasteiger partial charge in [0, 0.05) is 49.1 Å². The van der Waals surface area contributed by atoms with Crippen LogP contribution in [0.1, 0.15) is 29.5 Å². The molecule has 6 rings (SSSR count). The average molecular weight is 640 g/mol. The number of piperidine rings is 1. The van der Waals surface area contributed by atoms with Crippen LogP contribution in [-0.2, 0) is 33.8 Å². The van der Waals surface area contributed by atoms with E-state index in [4.69, 9.17) is 30.5 Å². The molecule has 0 radical (unpaired) electrons. The summed E-state index contributed by atoms with van der Waals surface area (Å²) in [5, 5.41) is 6.12. The number of benzene rings is 3. The number of amides is 3. The molecule has 2 atom stereocenters. The molecular formula is C33H35ClFN3O7. The first kappa shape index (κ1) is 31.9. The Hall–Kier alpha value is -4.51. The van der Waals surface area contributed by atoms with Crippen molar-refractivity contribution in [3.63, 3.8) is 0 Å². The number of rotatable bonds is 4. The van der Waals surface area contributed by atoms with Gasteiger partial charge in [-0.25, -0.2) is 4.39 Å². The summed E-state index contributed by atoms with van der Waals surface area (Å²) in [6.07, 6.45) is 0.588. The molecule has 0 unspecified atom stereocenters. The van der Waals surface area contributed by atoms with Gasteiger partial charge in [-0.3, -0.25) is 14.4 Å². The maximum atomic E-state index is 13.9. The van der Waals surface area contributed by atoms with Gasteiger partial charge in [0.15, 0.2) is 18.1 Å². The molecule has 3 amide bonds. The second-order valence-corrected chi connectivity index (χ2v) is 11.4. The van der Waals surface area contributed by atoms with Crippen LogP contribution in [0.25, 0.3) is 0 Å². The van der Waals surface area contributed by atoms with Gasteiger partial charge < -0.3 is 34.5 Å². The van der Waals surface area contributed by atoms with Gasteiger partial charge in [0.05, 0.1) is 26.7 Å². The van der Waals surface area contributed by atoms with E-state index in [-0.39, 0.29) is 49.4 Å². The van der Waals surface area contributed by atoms with Crippen LogP contribution in [0.15, 0.2) is 54.6 Å². The minimum absolute atomic E-state index is 0.0435. The minimum atomic E-state index is -0.588. The van der Waals surface area contributed by atoms with E-state index < -0.39 is 23.9 Å². The highest BCUT2D eigenvalue weighted by Gasteiger charge is 2.34. The molecule has 0 aromatic heterocycles. The number of carbonyl (C=O) groups is 3. The van der Waals surface area contributed by atoms with E-state index >= 15 is 0 Å². The van der Waals surface area contributed by atoms with Gasteiger partial charge >= 0.3 is 0 Å². The molecule has 1 saturated heterocycles. The van der Waals surface area contributed by atoms with Gasteiger partial charge in [-0.2, -0.15) is 0 Å². The highest BCUT2D eigenvalue weighted by atomic mass is 35.5. The molecule has 3 aromatic carbocycles. The molecule has 3 aliphatic heterocycles. The van der Waals surface area contributed by atoms with Crippen molar-refractivity contribution in [1.82, 2.24) is 15.5 Å². The zero-order valence-corrected chi connectivity index (χ0v) is 25.8. The van der Waals surface area contributed by atoms with Crippen LogP contribution in [0.5, 0.6) is 23.0 Å². The Labute approximate surface area is 265 Å². The summed E-state index contributed by atoms with van der Waals surface area (Å²) in [6.45, 7) is 0.482. The topological polar surface area (TPSA) is 115 Å². The lowest BCUT2D eigenvalue weighted by Crippen LogP contribution is -2.58. The third-order valence-electron chi connectivity index (χ3n) is 7.78. The number of nitrogens with zero attached hydrogens (tertiary/aromatic N) is 1. The monoisotopic (exact) mass is 639 g/mol. The van der Waals surface area contributed by atoms with Crippen molar-refractivity contribution in [3.05, 3.63) is 82.1 Å². The summed E-state index contributed by atoms with van der Waals surface area (Å²) >= 11 is 5.99. The highest BCUT2D eigenvalue weighted by Crippen LogP contribution is 2.30. The lowest BCUT2D eigenvalue weighted by atomic mass is 10.0. The fourth-order valence-electron chi connectivity index (χ4n) is 5.48. The van der Waals surface area contributed by atoms with Gasteiger partial charge in [0.1, 0.15) is 23.4 Å². The second-order valence-electron chi connectivity index (χ2n) is 10.9. The van der Waals surface area contributed by atoms with Crippen molar-refractivity contribution < 1.29 is 37.7 Å². The standard InChI is InChI=1S/C33H35ClFN3O7/c1-42-28-7-3-20-4-8-31(39)36-17-22-5-6-25(16-29(22)43-2)45-27-9-10-38(18-26(27)37-32(40)19-44-30(28)13-20)33(41)14-21-11-23(34)15-24(35)12-21/h3,5-7,11-13,15-16,26-27H,4,8-10,14,17-19H2,1-2H3,(H,36,39)(H,37,40)/t26-,27+/m1/s1. The van der Waals surface area contributed by atoms with Crippen LogP contribution in [0.2, 0.25) is 5.02 Å². The Kier molecular flexibility index (Phi) is 10.3. The molecule has 10 nitrogen and oxygen atoms in total. The number of fused-ring (bicyclic) bond motifs is 9. The lowest BCUT2D eigenvalue weighted by molar-refractivity contribution is -0.135. The molecule has 3 heterocycles. The van der Waals surface area contributed by atoms with Crippen LogP contribution in [0.4, 0.5) is 4.39 Å². The van der Waals surface area contributed by atoms with Crippen molar-refractivity contribution in [1.29, 1.82) is 0 Å². The summed E-state index contributed by atoms with van der Waals surface area (Å²) in [7, 11) is 3.05. The number of hydrogen-bond donors (Lipinski definition) is 2. The number of halogens is 2. The van der Waals surface area contributed by atoms with Crippen LogP contribution in [0.3, 0.4) is 0 Å². The summed E-state index contributed by atoms with van der Waals surface area (Å²) in [5.41, 5.74) is 2.08. The fraction of sp³-hybridized carbons (Fsp3) is 0.364. The van der Waals surface area contributed by atoms with Crippen molar-refractivity contribution in [3.8, 4) is 23.0 Å². The average Bonchev–Trinajstić information content (AvgIpc) is 3.02. The maximum Gasteiger partial charge on any atom is 0.258 e. The predicted molar refractivity (Wildman–Crippen MR) is 164 cm³/mol. The molecule has 0 spiro atoms. The van der Waals surface area contributed by atoms with Gasteiger partial charge in [0.25, 0.3) is 5.91 Å². The maximum absolute atomic E-state index is 13.9. The number of hydrogen-bond acceptors (Lipinski definition) is 7. The second kappa shape index (κ2) is 14.5. The summed E-state index contributed by atoms with van der Waals surface area (Å²) < 4.78 is 37.1. The number of methoxy groups -OCH3 is 2. The van der Waals surface area contributed by atoms with Crippen LogP contribution in [0, 0.1) is 5.82 Å². The third-order valence-corrected chi connectivity index (χ3v) is 7.99. The molecule has 3 aromatic rings. The first-order chi connectivity index (χ1) is 21.7. The number of ether oxygens (including phenoxy) is 4. The number of carbonyl (C=O) groups excluding carboxylic acids is 3. The molecule has 45 heavy (non-hydrogen) atoms. The normalized spacial score (nSPS) is 19.0. The van der Waals surface area contributed by atoms with Gasteiger partial charge in [-0.05, 0) is 60.0 Å². The summed E-state index contributed by atoms with van der Waals surface area (Å²) in [6, 6.07) is 14.1. The molecule has 0 aliphatic carbocycles. The molecule has 1 fully saturated rings. The first-order valence-electron chi connectivity index (χ1n) is 14.6. The zero-order valence-electron chi connectivity index (χ0n) is 25.1. The van der Waals surface area contributed by atoms with E-state index in [1.54, 1.807) is 42.3 Å². The number of aryl methyl sites for hydroxylation is 1. The van der Waals surface area contributed by atoms with E-state index in [2.05, 4.69) is 10.6 Å². The summed E-state index contributed by atoms with van der Waals surface area (Å²) in [4.78, 5) is 40.7. The Balaban J connectivity index is 1.39. The van der Waals surface area contributed by atoms with E-state index in [9.17, 15) is 18.8 Å². The first-order valence-corrected chi connectivity index (χ1v) is 15.0. The fourth-order valence-corrected chi connectivity index (χ4v) is 5.72. The van der Waals surface area contributed by atoms with Crippen molar-refractivity contribution >= 4 is 29.3 Å². The molecular weight excluding hydrogens is 605 g/mol. The molecule has 3 aliphatic rings. The smallest absolute Gasteiger partial charge is 0.258 e. The van der Waals surface area contributed by atoms with Gasteiger partial charge in [-0.1, -0.05) is 17.7 Å². The van der Waals surface area contributed by atoms with Crippen molar-refractivity contribution in [2.24, 2.45) is 0 Å². The largest absolute Gasteiger partial charge is 0.496 e. The van der Waals surface area contributed by atoms with Gasteiger partial charge in [-0.15, -0.1) is 0 Å². The Morgan fingerprint density at radius 1 is 1.02 bits per heavy atom. The Morgan fingerprint density at radius 2 is 1.84 bits per heavy atom. The zero-order chi connectivity index (χ0) is 31.9. The number of nitrogens with one attached hydrogen (secondary N) is 2. The Bertz CT molecular complexity index is 1550. The van der Waals surface area contributed by atoms with E-state index in [0.717, 1.165) is 11.1 Å². The van der Waals surface area contributed by atoms with Crippen molar-refractivity contribution in [2.45, 2.75) is 44.4 Å². The van der Waals surface area contributed by atoms with Gasteiger partial charge in [0.2, 0.25) is 11.8 Å².